The topological polar surface area (TPSA) is 72.2 Å². The average molecular weight is 199 g/mol. The maximum atomic E-state index is 10.6. The summed E-state index contributed by atoms with van der Waals surface area (Å²) in [5.41, 5.74) is 4.80. The Morgan fingerprint density at radius 1 is 1.45 bits per heavy atom. The zero-order valence-corrected chi connectivity index (χ0v) is 7.15. The lowest BCUT2D eigenvalue weighted by Crippen LogP contribution is -2.31. The monoisotopic (exact) mass is 198 g/mol. The summed E-state index contributed by atoms with van der Waals surface area (Å²) in [5, 5.41) is 2.31. The number of rotatable bonds is 4. The van der Waals surface area contributed by atoms with E-state index in [4.69, 9.17) is 28.9 Å². The van der Waals surface area contributed by atoms with E-state index in [1.807, 2.05) is 0 Å². The van der Waals surface area contributed by atoms with Crippen LogP contribution < -0.4 is 11.1 Å². The smallest absolute Gasteiger partial charge is 0.253 e. The number of halogens is 2. The summed E-state index contributed by atoms with van der Waals surface area (Å²) < 4.78 is 0. The van der Waals surface area contributed by atoms with Crippen LogP contribution in [0, 0.1) is 0 Å². The molecule has 0 aromatic heterocycles. The first kappa shape index (κ1) is 10.5. The Bertz CT molecular complexity index is 161. The minimum atomic E-state index is -1.09. The van der Waals surface area contributed by atoms with Gasteiger partial charge in [0.15, 0.2) is 4.84 Å². The number of carbonyl (C=O) groups is 2. The van der Waals surface area contributed by atoms with Gasteiger partial charge in [0, 0.05) is 13.0 Å². The molecule has 3 N–H and O–H groups in total. The molecule has 0 rings (SSSR count). The first-order chi connectivity index (χ1) is 5.04. The molecule has 0 bridgehead atoms. The van der Waals surface area contributed by atoms with Crippen molar-refractivity contribution in [2.75, 3.05) is 6.54 Å². The maximum absolute atomic E-state index is 10.6. The Kier molecular flexibility index (Phi) is 4.98. The Balaban J connectivity index is 3.39. The van der Waals surface area contributed by atoms with E-state index in [1.165, 1.54) is 0 Å². The quantitative estimate of drug-likeness (QED) is 0.614. The van der Waals surface area contributed by atoms with Gasteiger partial charge in [-0.25, -0.2) is 0 Å². The van der Waals surface area contributed by atoms with E-state index < -0.39 is 16.7 Å². The number of primary amides is 1. The maximum Gasteiger partial charge on any atom is 0.253 e. The molecule has 0 saturated heterocycles. The number of alkyl halides is 2. The molecule has 0 unspecified atom stereocenters. The van der Waals surface area contributed by atoms with Gasteiger partial charge < -0.3 is 11.1 Å². The first-order valence-electron chi connectivity index (χ1n) is 2.88. The first-order valence-corrected chi connectivity index (χ1v) is 3.75. The molecule has 0 fully saturated rings. The highest BCUT2D eigenvalue weighted by Crippen LogP contribution is 1.99. The molecule has 0 aromatic rings. The zero-order chi connectivity index (χ0) is 8.85. The van der Waals surface area contributed by atoms with Crippen molar-refractivity contribution >= 4 is 35.0 Å². The van der Waals surface area contributed by atoms with E-state index in [0.717, 1.165) is 0 Å². The summed E-state index contributed by atoms with van der Waals surface area (Å²) in [4.78, 5) is 19.7. The summed E-state index contributed by atoms with van der Waals surface area (Å²) in [6.07, 6.45) is 0.0895. The highest BCUT2D eigenvalue weighted by molar-refractivity contribution is 6.53. The van der Waals surface area contributed by atoms with Crippen molar-refractivity contribution in [3.05, 3.63) is 0 Å². The predicted octanol–water partition coefficient (Wildman–Crippen LogP) is -0.218. The van der Waals surface area contributed by atoms with Crippen LogP contribution in [0.1, 0.15) is 6.42 Å². The van der Waals surface area contributed by atoms with Gasteiger partial charge in [-0.05, 0) is 0 Å². The van der Waals surface area contributed by atoms with Crippen LogP contribution in [-0.4, -0.2) is 23.2 Å². The van der Waals surface area contributed by atoms with E-state index in [2.05, 4.69) is 5.32 Å². The minimum absolute atomic E-state index is 0.0895. The van der Waals surface area contributed by atoms with Crippen LogP contribution in [-0.2, 0) is 9.59 Å². The molecule has 2 amide bonds. The molecule has 0 atom stereocenters. The van der Waals surface area contributed by atoms with Crippen LogP contribution in [0.4, 0.5) is 0 Å². The molecular formula is C5H8Cl2N2O2. The highest BCUT2D eigenvalue weighted by atomic mass is 35.5. The second kappa shape index (κ2) is 5.21. The third-order valence-corrected chi connectivity index (χ3v) is 1.27. The summed E-state index contributed by atoms with van der Waals surface area (Å²) in [6.45, 7) is 0.171. The van der Waals surface area contributed by atoms with Crippen molar-refractivity contribution in [3.8, 4) is 0 Å². The Hall–Kier alpha value is -0.480. The molecule has 4 nitrogen and oxygen atoms in total. The largest absolute Gasteiger partial charge is 0.370 e. The number of hydrogen-bond acceptors (Lipinski definition) is 2. The van der Waals surface area contributed by atoms with Crippen molar-refractivity contribution in [1.29, 1.82) is 0 Å². The van der Waals surface area contributed by atoms with Crippen molar-refractivity contribution < 1.29 is 9.59 Å². The number of nitrogens with one attached hydrogen (secondary N) is 1. The van der Waals surface area contributed by atoms with Gasteiger partial charge in [-0.15, -0.1) is 0 Å². The fourth-order valence-corrected chi connectivity index (χ4v) is 0.540. The van der Waals surface area contributed by atoms with Crippen LogP contribution in [0.15, 0.2) is 0 Å². The van der Waals surface area contributed by atoms with Crippen LogP contribution in [0.5, 0.6) is 0 Å². The molecule has 0 saturated carbocycles. The lowest BCUT2D eigenvalue weighted by Gasteiger charge is -2.02. The lowest BCUT2D eigenvalue weighted by atomic mass is 10.4. The van der Waals surface area contributed by atoms with E-state index in [0.29, 0.717) is 0 Å². The second-order valence-electron chi connectivity index (χ2n) is 1.81. The minimum Gasteiger partial charge on any atom is -0.370 e. The van der Waals surface area contributed by atoms with Crippen LogP contribution in [0.2, 0.25) is 0 Å². The van der Waals surface area contributed by atoms with Crippen molar-refractivity contribution in [2.45, 2.75) is 11.3 Å². The van der Waals surface area contributed by atoms with Gasteiger partial charge in [-0.3, -0.25) is 9.59 Å². The van der Waals surface area contributed by atoms with Gasteiger partial charge in [0.25, 0.3) is 5.91 Å². The van der Waals surface area contributed by atoms with Gasteiger partial charge in [0.05, 0.1) is 0 Å². The molecular weight excluding hydrogens is 191 g/mol. The van der Waals surface area contributed by atoms with Gasteiger partial charge >= 0.3 is 0 Å². The van der Waals surface area contributed by atoms with E-state index in [9.17, 15) is 9.59 Å². The second-order valence-corrected chi connectivity index (χ2v) is 2.90. The molecule has 0 radical (unpaired) electrons. The van der Waals surface area contributed by atoms with Crippen LogP contribution in [0.25, 0.3) is 0 Å². The normalized spacial score (nSPS) is 9.73. The number of hydrogen-bond donors (Lipinski definition) is 2. The summed E-state index contributed by atoms with van der Waals surface area (Å²) in [6, 6.07) is 0. The molecule has 11 heavy (non-hydrogen) atoms. The third-order valence-electron chi connectivity index (χ3n) is 0.869. The molecule has 6 heteroatoms. The SMILES string of the molecule is NC(=O)CCNC(=O)C(Cl)Cl. The van der Waals surface area contributed by atoms with E-state index in [-0.39, 0.29) is 13.0 Å². The highest BCUT2D eigenvalue weighted by Gasteiger charge is 2.09. The predicted molar refractivity (Wildman–Crippen MR) is 42.3 cm³/mol. The van der Waals surface area contributed by atoms with Gasteiger partial charge in [-0.1, -0.05) is 23.2 Å². The van der Waals surface area contributed by atoms with Crippen LogP contribution in [0.3, 0.4) is 0 Å². The summed E-state index contributed by atoms with van der Waals surface area (Å²) in [7, 11) is 0. The Labute approximate surface area is 74.0 Å². The molecule has 0 aliphatic heterocycles. The van der Waals surface area contributed by atoms with E-state index >= 15 is 0 Å². The number of carbonyl (C=O) groups excluding carboxylic acids is 2. The average Bonchev–Trinajstić information content (AvgIpc) is 1.86. The van der Waals surface area contributed by atoms with Crippen molar-refractivity contribution in [3.63, 3.8) is 0 Å². The zero-order valence-electron chi connectivity index (χ0n) is 5.64. The summed E-state index contributed by atoms with van der Waals surface area (Å²) in [5.74, 6) is -0.999. The fraction of sp³-hybridized carbons (Fsp3) is 0.600. The molecule has 0 aromatic carbocycles. The molecule has 0 heterocycles. The Morgan fingerprint density at radius 2 is 2.00 bits per heavy atom. The molecule has 64 valence electrons. The molecule has 0 spiro atoms. The standard InChI is InChI=1S/C5H8Cl2N2O2/c6-4(7)5(11)9-2-1-3(8)10/h4H,1-2H2,(H2,8,10)(H,9,11). The lowest BCUT2D eigenvalue weighted by molar-refractivity contribution is -0.120. The van der Waals surface area contributed by atoms with Gasteiger partial charge in [0.1, 0.15) is 0 Å². The van der Waals surface area contributed by atoms with Crippen molar-refractivity contribution in [1.82, 2.24) is 5.32 Å². The Morgan fingerprint density at radius 3 is 2.36 bits per heavy atom. The molecule has 0 aliphatic carbocycles. The fourth-order valence-electron chi connectivity index (χ4n) is 0.386. The van der Waals surface area contributed by atoms with Gasteiger partial charge in [0.2, 0.25) is 5.91 Å². The molecule has 0 aliphatic rings. The van der Waals surface area contributed by atoms with E-state index in [1.54, 1.807) is 0 Å². The third kappa shape index (κ3) is 5.94. The van der Waals surface area contributed by atoms with Crippen molar-refractivity contribution in [2.24, 2.45) is 5.73 Å². The summed E-state index contributed by atoms with van der Waals surface area (Å²) >= 11 is 10.4. The van der Waals surface area contributed by atoms with Gasteiger partial charge in [-0.2, -0.15) is 0 Å². The number of amides is 2. The van der Waals surface area contributed by atoms with Crippen LogP contribution >= 0.6 is 23.2 Å². The number of nitrogens with two attached hydrogens (primary N) is 1.